The van der Waals surface area contributed by atoms with Crippen molar-refractivity contribution in [2.24, 2.45) is 0 Å². The van der Waals surface area contributed by atoms with E-state index in [0.29, 0.717) is 0 Å². The minimum Gasteiger partial charge on any atom is -0.497 e. The molecule has 4 heteroatoms. The number of rotatable bonds is 7. The smallest absolute Gasteiger partial charge is 0.313 e. The predicted molar refractivity (Wildman–Crippen MR) is 124 cm³/mol. The van der Waals surface area contributed by atoms with E-state index in [9.17, 15) is 4.79 Å². The summed E-state index contributed by atoms with van der Waals surface area (Å²) in [5, 5.41) is 2.18. The van der Waals surface area contributed by atoms with Gasteiger partial charge >= 0.3 is 5.97 Å². The average Bonchev–Trinajstić information content (AvgIpc) is 2.83. The van der Waals surface area contributed by atoms with Gasteiger partial charge in [0.05, 0.1) is 13.0 Å². The number of carbonyl (C=O) groups is 1. The second-order valence-electron chi connectivity index (χ2n) is 8.39. The number of ether oxygens (including phenoxy) is 2. The summed E-state index contributed by atoms with van der Waals surface area (Å²) < 4.78 is 11.4. The van der Waals surface area contributed by atoms with E-state index in [0.717, 1.165) is 47.3 Å². The van der Waals surface area contributed by atoms with Gasteiger partial charge in [-0.2, -0.15) is 0 Å². The highest BCUT2D eigenvalue weighted by atomic mass is 16.5. The van der Waals surface area contributed by atoms with Crippen LogP contribution in [-0.2, 0) is 9.53 Å². The van der Waals surface area contributed by atoms with Crippen molar-refractivity contribution in [3.63, 3.8) is 0 Å². The van der Waals surface area contributed by atoms with Crippen LogP contribution in [0.4, 0.5) is 0 Å². The summed E-state index contributed by atoms with van der Waals surface area (Å²) in [5.41, 5.74) is 2.02. The van der Waals surface area contributed by atoms with Crippen LogP contribution in [0.3, 0.4) is 0 Å². The van der Waals surface area contributed by atoms with Gasteiger partial charge in [0, 0.05) is 6.54 Å². The third-order valence-corrected chi connectivity index (χ3v) is 6.23. The Balaban J connectivity index is 1.51. The first-order chi connectivity index (χ1) is 15.1. The monoisotopic (exact) mass is 417 g/mol. The molecule has 0 amide bonds. The lowest BCUT2D eigenvalue weighted by Crippen LogP contribution is -2.35. The Labute approximate surface area is 184 Å². The fourth-order valence-corrected chi connectivity index (χ4v) is 4.27. The Morgan fingerprint density at radius 2 is 1.61 bits per heavy atom. The van der Waals surface area contributed by atoms with Gasteiger partial charge in [0.1, 0.15) is 11.9 Å². The van der Waals surface area contributed by atoms with Crippen molar-refractivity contribution in [2.45, 2.75) is 38.2 Å². The van der Waals surface area contributed by atoms with Crippen LogP contribution in [0.2, 0.25) is 0 Å². The van der Waals surface area contributed by atoms with Crippen molar-refractivity contribution in [1.82, 2.24) is 4.90 Å². The topological polar surface area (TPSA) is 38.8 Å². The van der Waals surface area contributed by atoms with E-state index in [1.165, 1.54) is 19.3 Å². The first-order valence-corrected chi connectivity index (χ1v) is 11.2. The lowest BCUT2D eigenvalue weighted by atomic mass is 9.97. The van der Waals surface area contributed by atoms with Crippen molar-refractivity contribution in [3.05, 3.63) is 77.9 Å². The van der Waals surface area contributed by atoms with Gasteiger partial charge in [-0.15, -0.1) is 0 Å². The number of likely N-dealkylation sites (tertiary alicyclic amines) is 1. The number of esters is 1. The van der Waals surface area contributed by atoms with Crippen molar-refractivity contribution in [2.75, 3.05) is 26.7 Å². The van der Waals surface area contributed by atoms with Crippen LogP contribution in [0.1, 0.15) is 49.3 Å². The van der Waals surface area contributed by atoms with Crippen molar-refractivity contribution < 1.29 is 14.3 Å². The molecule has 0 radical (unpaired) electrons. The maximum atomic E-state index is 13.1. The molecule has 0 bridgehead atoms. The molecule has 0 unspecified atom stereocenters. The van der Waals surface area contributed by atoms with E-state index in [4.69, 9.17) is 9.47 Å². The number of hydrogen-bond acceptors (Lipinski definition) is 4. The standard InChI is InChI=1S/C27H31NO3/c1-20(22-11-12-24-18-25(30-2)14-13-23(24)17-22)27(29)31-26(21-9-5-3-6-10-21)19-28-15-7-4-8-16-28/h3,5-6,9-14,17-18,20,26H,4,7-8,15-16,19H2,1-2H3/t20-,26+/m0/s1. The fraction of sp³-hybridized carbons (Fsp3) is 0.370. The molecule has 1 aliphatic heterocycles. The lowest BCUT2D eigenvalue weighted by molar-refractivity contribution is -0.152. The van der Waals surface area contributed by atoms with Crippen LogP contribution in [0.5, 0.6) is 5.75 Å². The summed E-state index contributed by atoms with van der Waals surface area (Å²) in [6.07, 6.45) is 3.47. The third kappa shape index (κ3) is 5.26. The minimum atomic E-state index is -0.334. The maximum Gasteiger partial charge on any atom is 0.313 e. The van der Waals surface area contributed by atoms with Crippen molar-refractivity contribution in [3.8, 4) is 5.75 Å². The van der Waals surface area contributed by atoms with Crippen LogP contribution >= 0.6 is 0 Å². The van der Waals surface area contributed by atoms with E-state index < -0.39 is 0 Å². The summed E-state index contributed by atoms with van der Waals surface area (Å²) in [6.45, 7) is 4.82. The van der Waals surface area contributed by atoms with Crippen LogP contribution < -0.4 is 4.74 Å². The quantitative estimate of drug-likeness (QED) is 0.461. The maximum absolute atomic E-state index is 13.1. The molecule has 1 fully saturated rings. The van der Waals surface area contributed by atoms with Gasteiger partial charge in [-0.25, -0.2) is 0 Å². The summed E-state index contributed by atoms with van der Waals surface area (Å²) in [4.78, 5) is 15.6. The van der Waals surface area contributed by atoms with Crippen LogP contribution in [0, 0.1) is 0 Å². The van der Waals surface area contributed by atoms with Gasteiger partial charge in [-0.3, -0.25) is 9.69 Å². The molecule has 3 aromatic rings. The molecule has 0 aromatic heterocycles. The van der Waals surface area contributed by atoms with Gasteiger partial charge in [-0.1, -0.05) is 61.0 Å². The van der Waals surface area contributed by atoms with E-state index >= 15 is 0 Å². The first kappa shape index (κ1) is 21.4. The number of piperidine rings is 1. The Hall–Kier alpha value is -2.85. The van der Waals surface area contributed by atoms with E-state index in [2.05, 4.69) is 23.1 Å². The molecule has 162 valence electrons. The molecule has 1 heterocycles. The van der Waals surface area contributed by atoms with Gasteiger partial charge in [0.2, 0.25) is 0 Å². The molecule has 2 atom stereocenters. The normalized spacial score (nSPS) is 16.6. The second kappa shape index (κ2) is 9.97. The number of methoxy groups -OCH3 is 1. The van der Waals surface area contributed by atoms with E-state index in [-0.39, 0.29) is 18.0 Å². The van der Waals surface area contributed by atoms with Crippen LogP contribution in [0.25, 0.3) is 10.8 Å². The molecule has 0 saturated carbocycles. The van der Waals surface area contributed by atoms with Crippen LogP contribution in [0.15, 0.2) is 66.7 Å². The minimum absolute atomic E-state index is 0.182. The molecular formula is C27H31NO3. The van der Waals surface area contributed by atoms with Crippen molar-refractivity contribution >= 4 is 16.7 Å². The number of benzene rings is 3. The molecule has 0 spiro atoms. The number of carbonyl (C=O) groups excluding carboxylic acids is 1. The molecule has 31 heavy (non-hydrogen) atoms. The zero-order chi connectivity index (χ0) is 21.6. The lowest BCUT2D eigenvalue weighted by Gasteiger charge is -2.31. The van der Waals surface area contributed by atoms with Gasteiger partial charge in [0.25, 0.3) is 0 Å². The highest BCUT2D eigenvalue weighted by Crippen LogP contribution is 2.28. The van der Waals surface area contributed by atoms with Crippen LogP contribution in [-0.4, -0.2) is 37.6 Å². The van der Waals surface area contributed by atoms with Crippen molar-refractivity contribution in [1.29, 1.82) is 0 Å². The first-order valence-electron chi connectivity index (χ1n) is 11.2. The summed E-state index contributed by atoms with van der Waals surface area (Å²) in [7, 11) is 1.67. The molecule has 3 aromatic carbocycles. The molecule has 1 aliphatic rings. The van der Waals surface area contributed by atoms with Gasteiger partial charge < -0.3 is 9.47 Å². The molecular weight excluding hydrogens is 386 g/mol. The molecule has 0 N–H and O–H groups in total. The van der Waals surface area contributed by atoms with Gasteiger partial charge in [-0.05, 0) is 66.9 Å². The number of nitrogens with zero attached hydrogens (tertiary/aromatic N) is 1. The number of fused-ring (bicyclic) bond motifs is 1. The third-order valence-electron chi connectivity index (χ3n) is 6.23. The van der Waals surface area contributed by atoms with Gasteiger partial charge in [0.15, 0.2) is 0 Å². The molecule has 4 rings (SSSR count). The zero-order valence-electron chi connectivity index (χ0n) is 18.4. The Morgan fingerprint density at radius 3 is 2.35 bits per heavy atom. The summed E-state index contributed by atoms with van der Waals surface area (Å²) >= 11 is 0. The molecule has 0 aliphatic carbocycles. The summed E-state index contributed by atoms with van der Waals surface area (Å²) in [6, 6.07) is 22.2. The molecule has 4 nitrogen and oxygen atoms in total. The Morgan fingerprint density at radius 1 is 0.903 bits per heavy atom. The Bertz CT molecular complexity index is 1010. The summed E-state index contributed by atoms with van der Waals surface area (Å²) in [5.74, 6) is 0.314. The highest BCUT2D eigenvalue weighted by Gasteiger charge is 2.25. The molecule has 1 saturated heterocycles. The fourth-order valence-electron chi connectivity index (χ4n) is 4.27. The predicted octanol–water partition coefficient (Wildman–Crippen LogP) is 5.72. The number of hydrogen-bond donors (Lipinski definition) is 0. The SMILES string of the molecule is COc1ccc2cc([C@H](C)C(=O)O[C@H](CN3CCCCC3)c3ccccc3)ccc2c1. The average molecular weight is 418 g/mol. The van der Waals surface area contributed by atoms with E-state index in [1.54, 1.807) is 7.11 Å². The zero-order valence-corrected chi connectivity index (χ0v) is 18.4. The van der Waals surface area contributed by atoms with E-state index in [1.807, 2.05) is 55.5 Å². The highest BCUT2D eigenvalue weighted by molar-refractivity contribution is 5.86. The largest absolute Gasteiger partial charge is 0.497 e. The second-order valence-corrected chi connectivity index (χ2v) is 8.39. The Kier molecular flexibility index (Phi) is 6.88.